The van der Waals surface area contributed by atoms with Crippen molar-refractivity contribution in [3.8, 4) is 0 Å². The SMILES string of the molecule is Cc1[nH]c2ccccc2c1CCNC(N)=NCCc1cccs1. The monoisotopic (exact) mass is 326 g/mol. The molecule has 0 bridgehead atoms. The zero-order valence-electron chi connectivity index (χ0n) is 13.3. The molecular weight excluding hydrogens is 304 g/mol. The van der Waals surface area contributed by atoms with E-state index in [-0.39, 0.29) is 0 Å². The summed E-state index contributed by atoms with van der Waals surface area (Å²) in [6, 6.07) is 12.6. The topological polar surface area (TPSA) is 66.2 Å². The third-order valence-corrected chi connectivity index (χ3v) is 4.86. The van der Waals surface area contributed by atoms with Crippen LogP contribution in [0, 0.1) is 6.92 Å². The van der Waals surface area contributed by atoms with E-state index in [1.54, 1.807) is 11.3 Å². The lowest BCUT2D eigenvalue weighted by Crippen LogP contribution is -2.33. The number of hydrogen-bond acceptors (Lipinski definition) is 2. The highest BCUT2D eigenvalue weighted by Crippen LogP contribution is 2.21. The number of aromatic amines is 1. The molecule has 2 heterocycles. The standard InChI is InChI=1S/C18H22N4S/c1-13-15(16-6-2-3-7-17(16)22-13)9-11-21-18(19)20-10-8-14-5-4-12-23-14/h2-7,12,22H,8-11H2,1H3,(H3,19,20,21). The van der Waals surface area contributed by atoms with Crippen LogP contribution < -0.4 is 11.1 Å². The van der Waals surface area contributed by atoms with Crippen LogP contribution in [0.5, 0.6) is 0 Å². The largest absolute Gasteiger partial charge is 0.370 e. The minimum Gasteiger partial charge on any atom is -0.370 e. The minimum absolute atomic E-state index is 0.527. The lowest BCUT2D eigenvalue weighted by atomic mass is 10.1. The van der Waals surface area contributed by atoms with Gasteiger partial charge in [-0.05, 0) is 36.4 Å². The zero-order valence-corrected chi connectivity index (χ0v) is 14.1. The Morgan fingerprint density at radius 2 is 2.09 bits per heavy atom. The van der Waals surface area contributed by atoms with Gasteiger partial charge in [-0.15, -0.1) is 11.3 Å². The van der Waals surface area contributed by atoms with E-state index >= 15 is 0 Å². The first kappa shape index (κ1) is 15.6. The fourth-order valence-corrected chi connectivity index (χ4v) is 3.47. The summed E-state index contributed by atoms with van der Waals surface area (Å²) in [5.74, 6) is 0.527. The van der Waals surface area contributed by atoms with Crippen LogP contribution in [0.15, 0.2) is 46.8 Å². The first-order valence-corrected chi connectivity index (χ1v) is 8.74. The quantitative estimate of drug-likeness (QED) is 0.481. The van der Waals surface area contributed by atoms with Gasteiger partial charge in [-0.1, -0.05) is 24.3 Å². The molecule has 0 aliphatic carbocycles. The number of aromatic nitrogens is 1. The first-order chi connectivity index (χ1) is 11.2. The number of aliphatic imine (C=N–C) groups is 1. The number of guanidine groups is 1. The summed E-state index contributed by atoms with van der Waals surface area (Å²) < 4.78 is 0. The van der Waals surface area contributed by atoms with Gasteiger partial charge in [0.2, 0.25) is 0 Å². The number of thiophene rings is 1. The molecule has 0 spiro atoms. The van der Waals surface area contributed by atoms with Crippen molar-refractivity contribution in [2.24, 2.45) is 10.7 Å². The van der Waals surface area contributed by atoms with Gasteiger partial charge in [-0.2, -0.15) is 0 Å². The highest BCUT2D eigenvalue weighted by Gasteiger charge is 2.07. The lowest BCUT2D eigenvalue weighted by molar-refractivity contribution is 0.844. The van der Waals surface area contributed by atoms with E-state index in [9.17, 15) is 0 Å². The molecule has 0 saturated heterocycles. The summed E-state index contributed by atoms with van der Waals surface area (Å²) in [6.45, 7) is 3.64. The third-order valence-electron chi connectivity index (χ3n) is 3.93. The number of fused-ring (bicyclic) bond motifs is 1. The van der Waals surface area contributed by atoms with Crippen molar-refractivity contribution < 1.29 is 0 Å². The van der Waals surface area contributed by atoms with E-state index in [0.717, 1.165) is 25.9 Å². The summed E-state index contributed by atoms with van der Waals surface area (Å²) in [5, 5.41) is 6.59. The number of aryl methyl sites for hydroxylation is 1. The molecule has 4 N–H and O–H groups in total. The second-order valence-electron chi connectivity index (χ2n) is 5.55. The fourth-order valence-electron chi connectivity index (χ4n) is 2.77. The Morgan fingerprint density at radius 3 is 2.91 bits per heavy atom. The van der Waals surface area contributed by atoms with Gasteiger partial charge in [0.1, 0.15) is 0 Å². The van der Waals surface area contributed by atoms with Crippen molar-refractivity contribution in [2.75, 3.05) is 13.1 Å². The highest BCUT2D eigenvalue weighted by atomic mass is 32.1. The van der Waals surface area contributed by atoms with Gasteiger partial charge in [0, 0.05) is 41.0 Å². The summed E-state index contributed by atoms with van der Waals surface area (Å²) in [4.78, 5) is 9.16. The molecule has 23 heavy (non-hydrogen) atoms. The average molecular weight is 326 g/mol. The van der Waals surface area contributed by atoms with Gasteiger partial charge in [-0.3, -0.25) is 4.99 Å². The van der Waals surface area contributed by atoms with Crippen LogP contribution in [0.3, 0.4) is 0 Å². The molecule has 4 nitrogen and oxygen atoms in total. The van der Waals surface area contributed by atoms with Crippen molar-refractivity contribution >= 4 is 28.2 Å². The first-order valence-electron chi connectivity index (χ1n) is 7.86. The van der Waals surface area contributed by atoms with Crippen LogP contribution in [0.2, 0.25) is 0 Å². The van der Waals surface area contributed by atoms with E-state index in [0.29, 0.717) is 5.96 Å². The van der Waals surface area contributed by atoms with Crippen LogP contribution in [0.1, 0.15) is 16.1 Å². The maximum Gasteiger partial charge on any atom is 0.188 e. The van der Waals surface area contributed by atoms with E-state index in [4.69, 9.17) is 5.73 Å². The van der Waals surface area contributed by atoms with Crippen molar-refractivity contribution in [1.29, 1.82) is 0 Å². The number of rotatable bonds is 6. The van der Waals surface area contributed by atoms with Gasteiger partial charge in [0.05, 0.1) is 0 Å². The Labute approximate surface area is 140 Å². The molecule has 2 aromatic heterocycles. The summed E-state index contributed by atoms with van der Waals surface area (Å²) in [5.41, 5.74) is 9.70. The summed E-state index contributed by atoms with van der Waals surface area (Å²) in [7, 11) is 0. The predicted octanol–water partition coefficient (Wildman–Crippen LogP) is 3.23. The van der Waals surface area contributed by atoms with Crippen molar-refractivity contribution in [2.45, 2.75) is 19.8 Å². The number of H-pyrrole nitrogens is 1. The summed E-state index contributed by atoms with van der Waals surface area (Å²) >= 11 is 1.76. The fraction of sp³-hybridized carbons (Fsp3) is 0.278. The second kappa shape index (κ2) is 7.33. The van der Waals surface area contributed by atoms with E-state index in [2.05, 4.69) is 64.0 Å². The molecule has 0 unspecified atom stereocenters. The smallest absolute Gasteiger partial charge is 0.188 e. The molecule has 0 saturated carbocycles. The van der Waals surface area contributed by atoms with Crippen LogP contribution in [0.4, 0.5) is 0 Å². The summed E-state index contributed by atoms with van der Waals surface area (Å²) in [6.07, 6.45) is 1.87. The van der Waals surface area contributed by atoms with Gasteiger partial charge < -0.3 is 16.0 Å². The molecule has 0 amide bonds. The Balaban J connectivity index is 1.51. The van der Waals surface area contributed by atoms with E-state index in [1.165, 1.54) is 27.0 Å². The van der Waals surface area contributed by atoms with Gasteiger partial charge in [0.15, 0.2) is 5.96 Å². The molecule has 3 rings (SSSR count). The van der Waals surface area contributed by atoms with Gasteiger partial charge >= 0.3 is 0 Å². The molecule has 0 aliphatic heterocycles. The van der Waals surface area contributed by atoms with Crippen LogP contribution >= 0.6 is 11.3 Å². The number of nitrogens with two attached hydrogens (primary N) is 1. The molecular formula is C18H22N4S. The Hall–Kier alpha value is -2.27. The molecule has 1 aromatic carbocycles. The zero-order chi connectivity index (χ0) is 16.1. The average Bonchev–Trinajstić information content (AvgIpc) is 3.16. The molecule has 5 heteroatoms. The second-order valence-corrected chi connectivity index (χ2v) is 6.58. The van der Waals surface area contributed by atoms with Crippen LogP contribution in [0.25, 0.3) is 10.9 Å². The van der Waals surface area contributed by atoms with Crippen molar-refractivity contribution in [3.05, 3.63) is 57.9 Å². The maximum atomic E-state index is 5.94. The van der Waals surface area contributed by atoms with Crippen LogP contribution in [-0.2, 0) is 12.8 Å². The molecule has 0 radical (unpaired) electrons. The maximum absolute atomic E-state index is 5.94. The number of nitrogens with one attached hydrogen (secondary N) is 2. The molecule has 120 valence electrons. The predicted molar refractivity (Wildman–Crippen MR) is 99.3 cm³/mol. The van der Waals surface area contributed by atoms with E-state index in [1.807, 2.05) is 0 Å². The number of para-hydroxylation sites is 1. The molecule has 3 aromatic rings. The van der Waals surface area contributed by atoms with Crippen LogP contribution in [-0.4, -0.2) is 24.0 Å². The Bertz CT molecular complexity index is 787. The van der Waals surface area contributed by atoms with E-state index < -0.39 is 0 Å². The minimum atomic E-state index is 0.527. The van der Waals surface area contributed by atoms with Crippen molar-refractivity contribution in [1.82, 2.24) is 10.3 Å². The number of nitrogens with zero attached hydrogens (tertiary/aromatic N) is 1. The highest BCUT2D eigenvalue weighted by molar-refractivity contribution is 7.09. The number of benzene rings is 1. The number of hydrogen-bond donors (Lipinski definition) is 3. The lowest BCUT2D eigenvalue weighted by Gasteiger charge is -2.06. The van der Waals surface area contributed by atoms with Crippen molar-refractivity contribution in [3.63, 3.8) is 0 Å². The normalized spacial score (nSPS) is 12.0. The molecule has 0 fully saturated rings. The Kier molecular flexibility index (Phi) is 4.98. The molecule has 0 atom stereocenters. The van der Waals surface area contributed by atoms with Gasteiger partial charge in [-0.25, -0.2) is 0 Å². The third kappa shape index (κ3) is 3.93. The van der Waals surface area contributed by atoms with Gasteiger partial charge in [0.25, 0.3) is 0 Å². The molecule has 0 aliphatic rings. The Morgan fingerprint density at radius 1 is 1.22 bits per heavy atom.